The molecular weight excluding hydrogens is 403 g/mol. The Bertz CT molecular complexity index is 938. The van der Waals surface area contributed by atoms with Gasteiger partial charge in [-0.1, -0.05) is 0 Å². The molecule has 0 aromatic carbocycles. The van der Waals surface area contributed by atoms with E-state index >= 15 is 0 Å². The van der Waals surface area contributed by atoms with Crippen molar-refractivity contribution in [2.24, 2.45) is 0 Å². The fourth-order valence-electron chi connectivity index (χ4n) is 2.83. The van der Waals surface area contributed by atoms with Crippen molar-refractivity contribution in [3.8, 4) is 11.6 Å². The highest BCUT2D eigenvalue weighted by Gasteiger charge is 2.42. The van der Waals surface area contributed by atoms with E-state index < -0.39 is 40.2 Å². The van der Waals surface area contributed by atoms with Gasteiger partial charge >= 0.3 is 12.1 Å². The maximum Gasteiger partial charge on any atom is 0.420 e. The number of esters is 1. The highest BCUT2D eigenvalue weighted by Crippen LogP contribution is 2.44. The van der Waals surface area contributed by atoms with Gasteiger partial charge in [-0.15, -0.1) is 0 Å². The minimum Gasteiger partial charge on any atom is -0.461 e. The van der Waals surface area contributed by atoms with Crippen LogP contribution in [0.3, 0.4) is 0 Å². The predicted molar refractivity (Wildman–Crippen MR) is 102 cm³/mol. The zero-order valence-electron chi connectivity index (χ0n) is 18.0. The van der Waals surface area contributed by atoms with Crippen LogP contribution in [0.25, 0.3) is 0 Å². The molecule has 0 aliphatic carbocycles. The molecule has 0 aliphatic heterocycles. The molecule has 0 unspecified atom stereocenters. The summed E-state index contributed by atoms with van der Waals surface area (Å²) in [7, 11) is 0. The summed E-state index contributed by atoms with van der Waals surface area (Å²) in [4.78, 5) is 16.1. The van der Waals surface area contributed by atoms with Crippen LogP contribution in [0, 0.1) is 6.92 Å². The number of ether oxygens (including phenoxy) is 2. The number of pyridine rings is 1. The SMILES string of the molecule is CCOC(=O)c1nn(C(C)(C)C)c(Oc2cncc(C(C)(C)O)c2C(F)(F)F)c1C. The molecule has 0 atom stereocenters. The zero-order chi connectivity index (χ0) is 23.1. The van der Waals surface area contributed by atoms with E-state index in [0.29, 0.717) is 0 Å². The molecule has 0 fully saturated rings. The summed E-state index contributed by atoms with van der Waals surface area (Å²) >= 11 is 0. The average molecular weight is 429 g/mol. The second-order valence-electron chi connectivity index (χ2n) is 8.30. The summed E-state index contributed by atoms with van der Waals surface area (Å²) in [5.74, 6) is -1.36. The van der Waals surface area contributed by atoms with E-state index in [1.807, 2.05) is 0 Å². The molecule has 0 saturated heterocycles. The van der Waals surface area contributed by atoms with Crippen LogP contribution in [0.4, 0.5) is 13.2 Å². The van der Waals surface area contributed by atoms with Gasteiger partial charge in [0.15, 0.2) is 11.4 Å². The zero-order valence-corrected chi connectivity index (χ0v) is 18.0. The Morgan fingerprint density at radius 1 is 1.17 bits per heavy atom. The molecule has 2 aromatic rings. The number of aliphatic hydroxyl groups is 1. The lowest BCUT2D eigenvalue weighted by atomic mass is 9.94. The quantitative estimate of drug-likeness (QED) is 0.702. The first-order valence-electron chi connectivity index (χ1n) is 9.32. The molecule has 0 saturated carbocycles. The maximum atomic E-state index is 13.9. The average Bonchev–Trinajstić information content (AvgIpc) is 2.90. The first kappa shape index (κ1) is 23.7. The molecule has 2 aromatic heterocycles. The Morgan fingerprint density at radius 2 is 1.77 bits per heavy atom. The minimum absolute atomic E-state index is 0.0502. The first-order chi connectivity index (χ1) is 13.6. The summed E-state index contributed by atoms with van der Waals surface area (Å²) in [6.07, 6.45) is -2.95. The van der Waals surface area contributed by atoms with Gasteiger partial charge in [-0.25, -0.2) is 9.48 Å². The molecule has 10 heteroatoms. The Labute approximate surface area is 172 Å². The molecule has 1 N–H and O–H groups in total. The number of halogens is 3. The smallest absolute Gasteiger partial charge is 0.420 e. The van der Waals surface area contributed by atoms with Crippen LogP contribution in [0.5, 0.6) is 11.6 Å². The van der Waals surface area contributed by atoms with Crippen molar-refractivity contribution >= 4 is 5.97 Å². The summed E-state index contributed by atoms with van der Waals surface area (Å²) in [6.45, 7) is 11.0. The summed E-state index contributed by atoms with van der Waals surface area (Å²) in [5.41, 5.74) is -3.94. The van der Waals surface area contributed by atoms with E-state index in [2.05, 4.69) is 10.1 Å². The van der Waals surface area contributed by atoms with Crippen LogP contribution in [-0.4, -0.2) is 32.4 Å². The predicted octanol–water partition coefficient (Wildman–Crippen LogP) is 4.56. The van der Waals surface area contributed by atoms with Crippen LogP contribution in [0.2, 0.25) is 0 Å². The molecule has 2 rings (SSSR count). The number of carbonyl (C=O) groups is 1. The number of alkyl halides is 3. The third kappa shape index (κ3) is 4.75. The van der Waals surface area contributed by atoms with Crippen molar-refractivity contribution < 1.29 is 32.5 Å². The third-order valence-corrected chi connectivity index (χ3v) is 4.23. The molecule has 30 heavy (non-hydrogen) atoms. The second kappa shape index (κ2) is 7.90. The normalized spacial score (nSPS) is 12.8. The lowest BCUT2D eigenvalue weighted by molar-refractivity contribution is -0.141. The summed E-state index contributed by atoms with van der Waals surface area (Å²) in [6, 6.07) is 0. The molecule has 7 nitrogen and oxygen atoms in total. The van der Waals surface area contributed by atoms with Gasteiger partial charge in [0.05, 0.1) is 23.9 Å². The van der Waals surface area contributed by atoms with E-state index in [0.717, 1.165) is 12.4 Å². The van der Waals surface area contributed by atoms with Gasteiger partial charge < -0.3 is 14.6 Å². The fourth-order valence-corrected chi connectivity index (χ4v) is 2.83. The molecule has 0 spiro atoms. The number of nitrogens with zero attached hydrogens (tertiary/aromatic N) is 3. The Kier molecular flexibility index (Phi) is 6.23. The van der Waals surface area contributed by atoms with Crippen molar-refractivity contribution in [3.05, 3.63) is 34.8 Å². The number of hydrogen-bond donors (Lipinski definition) is 1. The van der Waals surface area contributed by atoms with Gasteiger partial charge in [-0.2, -0.15) is 18.3 Å². The highest BCUT2D eigenvalue weighted by molar-refractivity contribution is 5.89. The van der Waals surface area contributed by atoms with Gasteiger partial charge in [0.25, 0.3) is 0 Å². The van der Waals surface area contributed by atoms with Crippen LogP contribution in [-0.2, 0) is 22.1 Å². The van der Waals surface area contributed by atoms with Crippen molar-refractivity contribution in [3.63, 3.8) is 0 Å². The molecule has 0 bridgehead atoms. The first-order valence-corrected chi connectivity index (χ1v) is 9.32. The largest absolute Gasteiger partial charge is 0.461 e. The number of hydrogen-bond acceptors (Lipinski definition) is 6. The number of rotatable bonds is 5. The van der Waals surface area contributed by atoms with Gasteiger partial charge in [-0.05, 0) is 48.5 Å². The van der Waals surface area contributed by atoms with Gasteiger partial charge in [0, 0.05) is 17.3 Å². The second-order valence-corrected chi connectivity index (χ2v) is 8.30. The lowest BCUT2D eigenvalue weighted by Gasteiger charge is -2.26. The van der Waals surface area contributed by atoms with Crippen LogP contribution in [0.1, 0.15) is 68.7 Å². The third-order valence-electron chi connectivity index (χ3n) is 4.23. The van der Waals surface area contributed by atoms with Gasteiger partial charge in [-0.3, -0.25) is 4.98 Å². The van der Waals surface area contributed by atoms with Crippen LogP contribution in [0.15, 0.2) is 12.4 Å². The van der Waals surface area contributed by atoms with E-state index in [4.69, 9.17) is 9.47 Å². The molecule has 2 heterocycles. The van der Waals surface area contributed by atoms with Gasteiger partial charge in [0.1, 0.15) is 5.56 Å². The Hall–Kier alpha value is -2.62. The standard InChI is InChI=1S/C20H26F3N3O4/c1-8-29-17(27)15-11(2)16(26(25-15)18(3,4)5)30-13-10-24-9-12(19(6,7)28)14(13)20(21,22)23/h9-10,28H,8H2,1-7H3. The monoisotopic (exact) mass is 429 g/mol. The minimum atomic E-state index is -4.82. The molecular formula is C20H26F3N3O4. The molecule has 0 amide bonds. The van der Waals surface area contributed by atoms with Crippen molar-refractivity contribution in [1.82, 2.24) is 14.8 Å². The van der Waals surface area contributed by atoms with E-state index in [1.54, 1.807) is 27.7 Å². The van der Waals surface area contributed by atoms with Crippen molar-refractivity contribution in [2.75, 3.05) is 6.61 Å². The van der Waals surface area contributed by atoms with E-state index in [-0.39, 0.29) is 23.7 Å². The highest BCUT2D eigenvalue weighted by atomic mass is 19.4. The topological polar surface area (TPSA) is 86.5 Å². The number of carbonyl (C=O) groups excluding carboxylic acids is 1. The van der Waals surface area contributed by atoms with E-state index in [1.165, 1.54) is 25.5 Å². The summed E-state index contributed by atoms with van der Waals surface area (Å²) < 4.78 is 53.7. The van der Waals surface area contributed by atoms with E-state index in [9.17, 15) is 23.1 Å². The van der Waals surface area contributed by atoms with Crippen molar-refractivity contribution in [1.29, 1.82) is 0 Å². The van der Waals surface area contributed by atoms with Crippen LogP contribution < -0.4 is 4.74 Å². The molecule has 0 aliphatic rings. The summed E-state index contributed by atoms with van der Waals surface area (Å²) in [5, 5.41) is 14.4. The number of aromatic nitrogens is 3. The molecule has 166 valence electrons. The maximum absolute atomic E-state index is 13.9. The Morgan fingerprint density at radius 3 is 2.23 bits per heavy atom. The lowest BCUT2D eigenvalue weighted by Crippen LogP contribution is -2.25. The Balaban J connectivity index is 2.73. The van der Waals surface area contributed by atoms with Crippen molar-refractivity contribution in [2.45, 2.75) is 65.8 Å². The molecule has 0 radical (unpaired) electrons. The fraction of sp³-hybridized carbons (Fsp3) is 0.550. The van der Waals surface area contributed by atoms with Crippen LogP contribution >= 0.6 is 0 Å². The van der Waals surface area contributed by atoms with Gasteiger partial charge in [0.2, 0.25) is 5.88 Å².